The third-order valence-corrected chi connectivity index (χ3v) is 4.02. The number of rotatable bonds is 5. The molecule has 4 heterocycles. The molecule has 0 unspecified atom stereocenters. The summed E-state index contributed by atoms with van der Waals surface area (Å²) in [7, 11) is 0. The van der Waals surface area contributed by atoms with E-state index in [-0.39, 0.29) is 5.82 Å². The standard InChI is InChI=1S/C17H16FN7/c1-2-4-13-15(21-11-24-16(13)20-10-23-24)9-12-6-8-22-25(12)17-14(18)5-3-7-19-17/h3,5-8,10-11H,2,4,9H2,1H3. The second-order valence-electron chi connectivity index (χ2n) is 5.67. The van der Waals surface area contributed by atoms with E-state index in [1.54, 1.807) is 29.3 Å². The molecule has 0 aromatic carbocycles. The minimum Gasteiger partial charge on any atom is -0.240 e. The molecule has 4 aromatic rings. The van der Waals surface area contributed by atoms with Crippen LogP contribution < -0.4 is 0 Å². The molecule has 126 valence electrons. The highest BCUT2D eigenvalue weighted by atomic mass is 19.1. The number of halogens is 1. The first-order valence-electron chi connectivity index (χ1n) is 8.07. The molecule has 0 atom stereocenters. The van der Waals surface area contributed by atoms with E-state index in [0.29, 0.717) is 6.42 Å². The zero-order chi connectivity index (χ0) is 17.2. The Balaban J connectivity index is 1.77. The van der Waals surface area contributed by atoms with Crippen LogP contribution in [0, 0.1) is 5.82 Å². The molecule has 4 rings (SSSR count). The second kappa shape index (κ2) is 6.39. The molecule has 7 nitrogen and oxygen atoms in total. The topological polar surface area (TPSA) is 73.8 Å². The Labute approximate surface area is 143 Å². The van der Waals surface area contributed by atoms with Gasteiger partial charge in [-0.05, 0) is 24.6 Å². The quantitative estimate of drug-likeness (QED) is 0.559. The molecule has 0 bridgehead atoms. The molecule has 0 radical (unpaired) electrons. The van der Waals surface area contributed by atoms with Gasteiger partial charge in [-0.2, -0.15) is 10.2 Å². The molecule has 4 aromatic heterocycles. The minimum atomic E-state index is -0.415. The average molecular weight is 337 g/mol. The van der Waals surface area contributed by atoms with Gasteiger partial charge in [0.15, 0.2) is 17.3 Å². The fourth-order valence-corrected chi connectivity index (χ4v) is 2.90. The highest BCUT2D eigenvalue weighted by Crippen LogP contribution is 2.19. The number of aromatic nitrogens is 7. The summed E-state index contributed by atoms with van der Waals surface area (Å²) in [6, 6.07) is 4.78. The van der Waals surface area contributed by atoms with Crippen molar-refractivity contribution < 1.29 is 4.39 Å². The van der Waals surface area contributed by atoms with Crippen molar-refractivity contribution in [2.75, 3.05) is 0 Å². The minimum absolute atomic E-state index is 0.183. The number of nitrogens with zero attached hydrogens (tertiary/aromatic N) is 7. The first kappa shape index (κ1) is 15.4. The zero-order valence-corrected chi connectivity index (χ0v) is 13.7. The smallest absolute Gasteiger partial charge is 0.189 e. The monoisotopic (exact) mass is 337 g/mol. The van der Waals surface area contributed by atoms with Crippen molar-refractivity contribution in [3.8, 4) is 5.82 Å². The van der Waals surface area contributed by atoms with Crippen LogP contribution in [0.25, 0.3) is 11.5 Å². The lowest BCUT2D eigenvalue weighted by Gasteiger charge is -2.11. The molecule has 0 aliphatic carbocycles. The number of pyridine rings is 1. The van der Waals surface area contributed by atoms with Gasteiger partial charge < -0.3 is 0 Å². The van der Waals surface area contributed by atoms with E-state index in [4.69, 9.17) is 0 Å². The van der Waals surface area contributed by atoms with E-state index in [9.17, 15) is 4.39 Å². The molecule has 0 aliphatic heterocycles. The van der Waals surface area contributed by atoms with Gasteiger partial charge in [0, 0.05) is 24.4 Å². The van der Waals surface area contributed by atoms with E-state index >= 15 is 0 Å². The lowest BCUT2D eigenvalue weighted by Crippen LogP contribution is -2.10. The van der Waals surface area contributed by atoms with E-state index < -0.39 is 5.82 Å². The maximum absolute atomic E-state index is 14.1. The fraction of sp³-hybridized carbons (Fsp3) is 0.235. The summed E-state index contributed by atoms with van der Waals surface area (Å²) < 4.78 is 17.3. The van der Waals surface area contributed by atoms with Crippen molar-refractivity contribution in [2.24, 2.45) is 0 Å². The molecule has 0 N–H and O–H groups in total. The Kier molecular flexibility index (Phi) is 3.93. The van der Waals surface area contributed by atoms with Gasteiger partial charge in [-0.3, -0.25) is 0 Å². The number of hydrogen-bond acceptors (Lipinski definition) is 5. The van der Waals surface area contributed by atoms with Crippen LogP contribution in [-0.4, -0.2) is 34.3 Å². The van der Waals surface area contributed by atoms with Crippen molar-refractivity contribution in [3.05, 3.63) is 66.0 Å². The first-order valence-corrected chi connectivity index (χ1v) is 8.07. The maximum Gasteiger partial charge on any atom is 0.189 e. The summed E-state index contributed by atoms with van der Waals surface area (Å²) in [6.07, 6.45) is 8.68. The predicted octanol–water partition coefficient (Wildman–Crippen LogP) is 2.39. The van der Waals surface area contributed by atoms with Crippen LogP contribution in [0.5, 0.6) is 0 Å². The first-order chi connectivity index (χ1) is 12.3. The van der Waals surface area contributed by atoms with Crippen LogP contribution in [0.3, 0.4) is 0 Å². The molecule has 0 amide bonds. The van der Waals surface area contributed by atoms with E-state index in [2.05, 4.69) is 32.1 Å². The van der Waals surface area contributed by atoms with Gasteiger partial charge in [0.1, 0.15) is 12.7 Å². The van der Waals surface area contributed by atoms with Gasteiger partial charge in [-0.1, -0.05) is 13.3 Å². The highest BCUT2D eigenvalue weighted by molar-refractivity contribution is 5.49. The van der Waals surface area contributed by atoms with Gasteiger partial charge >= 0.3 is 0 Å². The summed E-state index contributed by atoms with van der Waals surface area (Å²) in [5.41, 5.74) is 3.56. The average Bonchev–Trinajstić information content (AvgIpc) is 3.27. The Bertz CT molecular complexity index is 1020. The molecular weight excluding hydrogens is 321 g/mol. The van der Waals surface area contributed by atoms with Crippen molar-refractivity contribution in [1.82, 2.24) is 34.3 Å². The molecule has 8 heteroatoms. The molecule has 0 saturated carbocycles. The summed E-state index contributed by atoms with van der Waals surface area (Å²) in [6.45, 7) is 2.11. The molecule has 0 spiro atoms. The molecule has 0 fully saturated rings. The van der Waals surface area contributed by atoms with Crippen LogP contribution in [0.4, 0.5) is 4.39 Å². The maximum atomic E-state index is 14.1. The molecule has 25 heavy (non-hydrogen) atoms. The third kappa shape index (κ3) is 2.75. The van der Waals surface area contributed by atoms with Crippen LogP contribution in [0.15, 0.2) is 43.2 Å². The van der Waals surface area contributed by atoms with Crippen LogP contribution in [0.2, 0.25) is 0 Å². The Morgan fingerprint density at radius 3 is 2.84 bits per heavy atom. The lowest BCUT2D eigenvalue weighted by atomic mass is 10.1. The summed E-state index contributed by atoms with van der Waals surface area (Å²) in [5, 5.41) is 8.37. The van der Waals surface area contributed by atoms with Crippen molar-refractivity contribution in [3.63, 3.8) is 0 Å². The lowest BCUT2D eigenvalue weighted by molar-refractivity contribution is 0.596. The highest BCUT2D eigenvalue weighted by Gasteiger charge is 2.16. The Morgan fingerprint density at radius 2 is 2.00 bits per heavy atom. The van der Waals surface area contributed by atoms with Gasteiger partial charge in [0.05, 0.1) is 11.4 Å². The Morgan fingerprint density at radius 1 is 1.08 bits per heavy atom. The summed E-state index contributed by atoms with van der Waals surface area (Å²) >= 11 is 0. The second-order valence-corrected chi connectivity index (χ2v) is 5.67. The number of aryl methyl sites for hydroxylation is 1. The van der Waals surface area contributed by atoms with Gasteiger partial charge in [0.2, 0.25) is 0 Å². The normalized spacial score (nSPS) is 11.3. The van der Waals surface area contributed by atoms with E-state index in [1.807, 2.05) is 6.07 Å². The molecule has 0 saturated heterocycles. The zero-order valence-electron chi connectivity index (χ0n) is 13.7. The van der Waals surface area contributed by atoms with Gasteiger partial charge in [0.25, 0.3) is 0 Å². The molecular formula is C17H16FN7. The van der Waals surface area contributed by atoms with Crippen LogP contribution in [-0.2, 0) is 12.8 Å². The summed E-state index contributed by atoms with van der Waals surface area (Å²) in [4.78, 5) is 13.0. The van der Waals surface area contributed by atoms with E-state index in [0.717, 1.165) is 35.4 Å². The number of fused-ring (bicyclic) bond motifs is 1. The predicted molar refractivity (Wildman–Crippen MR) is 88.9 cm³/mol. The Hall–Kier alpha value is -3.16. The van der Waals surface area contributed by atoms with Crippen LogP contribution >= 0.6 is 0 Å². The van der Waals surface area contributed by atoms with Crippen molar-refractivity contribution in [1.29, 1.82) is 0 Å². The SMILES string of the molecule is CCCc1c(Cc2ccnn2-c2ncccc2F)ncn2ncnc12. The number of hydrogen-bond donors (Lipinski definition) is 0. The van der Waals surface area contributed by atoms with Gasteiger partial charge in [-0.15, -0.1) is 0 Å². The fourth-order valence-electron chi connectivity index (χ4n) is 2.90. The molecule has 0 aliphatic rings. The van der Waals surface area contributed by atoms with Crippen LogP contribution in [0.1, 0.15) is 30.3 Å². The largest absolute Gasteiger partial charge is 0.240 e. The van der Waals surface area contributed by atoms with Crippen molar-refractivity contribution >= 4 is 5.65 Å². The summed E-state index contributed by atoms with van der Waals surface area (Å²) in [5.74, 6) is -0.231. The van der Waals surface area contributed by atoms with Gasteiger partial charge in [-0.25, -0.2) is 28.5 Å². The third-order valence-electron chi connectivity index (χ3n) is 4.02. The van der Waals surface area contributed by atoms with Crippen molar-refractivity contribution in [2.45, 2.75) is 26.2 Å². The van der Waals surface area contributed by atoms with E-state index in [1.165, 1.54) is 17.1 Å².